The molecule has 37 heavy (non-hydrogen) atoms. The lowest BCUT2D eigenvalue weighted by atomic mass is 9.91. The number of methoxy groups -OCH3 is 1. The number of nitrogens with zero attached hydrogens (tertiary/aromatic N) is 1. The zero-order chi connectivity index (χ0) is 26.4. The van der Waals surface area contributed by atoms with Crippen molar-refractivity contribution in [2.75, 3.05) is 20.2 Å². The molecule has 3 N–H and O–H groups in total. The predicted molar refractivity (Wildman–Crippen MR) is 126 cm³/mol. The lowest BCUT2D eigenvalue weighted by Gasteiger charge is -2.28. The number of carbonyl (C=O) groups excluding carboxylic acids is 4. The maximum Gasteiger partial charge on any atom is 0.330 e. The summed E-state index contributed by atoms with van der Waals surface area (Å²) in [5.74, 6) is -4.63. The molecule has 3 fully saturated rings. The summed E-state index contributed by atoms with van der Waals surface area (Å²) in [6, 6.07) is 5.65. The Labute approximate surface area is 211 Å². The van der Waals surface area contributed by atoms with Gasteiger partial charge in [0.15, 0.2) is 6.23 Å². The highest BCUT2D eigenvalue weighted by atomic mass is 19.3. The molecule has 4 atom stereocenters. The Morgan fingerprint density at radius 1 is 1.35 bits per heavy atom. The summed E-state index contributed by atoms with van der Waals surface area (Å²) in [5, 5.41) is 5.75. The minimum absolute atomic E-state index is 0.00713. The number of benzene rings is 1. The number of aromatic nitrogens is 1. The van der Waals surface area contributed by atoms with Gasteiger partial charge in [-0.1, -0.05) is 6.07 Å². The Morgan fingerprint density at radius 2 is 2.14 bits per heavy atom. The van der Waals surface area contributed by atoms with Crippen molar-refractivity contribution in [2.45, 2.75) is 50.3 Å². The third-order valence-electron chi connectivity index (χ3n) is 7.66. The molecular weight excluding hydrogens is 490 g/mol. The second-order valence-corrected chi connectivity index (χ2v) is 10.00. The second-order valence-electron chi connectivity index (χ2n) is 10.00. The number of piperidine rings is 1. The first-order valence-electron chi connectivity index (χ1n) is 12.2. The number of ether oxygens (including phenoxy) is 2. The standard InChI is InChI=1S/C25H28F2N4O6/c1-36-19-6-2-5-16-15(19)9-17(30-16)22(34)31-12-24(11-25(24,26)27)10-20(31)37-23(35)18(29-13-32)8-14-4-3-7-28-21(14)33/h2,5-6,9,13-14,18,20,30H,3-4,7-8,10-12H2,1H3,(H,28,33)(H,29,32)/t14-,18?,20?,24?/m0/s1. The van der Waals surface area contributed by atoms with Crippen molar-refractivity contribution in [3.63, 3.8) is 0 Å². The molecule has 5 rings (SSSR count). The monoisotopic (exact) mass is 518 g/mol. The second kappa shape index (κ2) is 9.31. The van der Waals surface area contributed by atoms with Gasteiger partial charge in [0.1, 0.15) is 17.5 Å². The van der Waals surface area contributed by atoms with E-state index in [0.717, 1.165) is 11.3 Å². The SMILES string of the molecule is COc1cccc2[nH]c(C(=O)N3CC4(CC3OC(=O)C(C[C@@H]3CCCNC3=O)NC=O)CC4(F)F)cc12. The van der Waals surface area contributed by atoms with E-state index in [2.05, 4.69) is 15.6 Å². The van der Waals surface area contributed by atoms with Gasteiger partial charge in [0.2, 0.25) is 12.3 Å². The van der Waals surface area contributed by atoms with Gasteiger partial charge >= 0.3 is 5.97 Å². The van der Waals surface area contributed by atoms with Crippen LogP contribution in [0, 0.1) is 11.3 Å². The number of hydrogen-bond acceptors (Lipinski definition) is 6. The number of carbonyl (C=O) groups is 4. The number of fused-ring (bicyclic) bond motifs is 1. The molecule has 1 aromatic heterocycles. The van der Waals surface area contributed by atoms with Crippen LogP contribution in [-0.2, 0) is 19.1 Å². The lowest BCUT2D eigenvalue weighted by Crippen LogP contribution is -2.47. The quantitative estimate of drug-likeness (QED) is 0.362. The van der Waals surface area contributed by atoms with Gasteiger partial charge < -0.3 is 30.0 Å². The van der Waals surface area contributed by atoms with Crippen molar-refractivity contribution in [1.29, 1.82) is 0 Å². The van der Waals surface area contributed by atoms with Gasteiger partial charge in [0.25, 0.3) is 11.8 Å². The summed E-state index contributed by atoms with van der Waals surface area (Å²) in [6.07, 6.45) is -0.264. The molecule has 198 valence electrons. The molecule has 1 aliphatic carbocycles. The van der Waals surface area contributed by atoms with E-state index in [9.17, 15) is 28.0 Å². The molecule has 3 aliphatic rings. The van der Waals surface area contributed by atoms with Crippen LogP contribution in [0.15, 0.2) is 24.3 Å². The Morgan fingerprint density at radius 3 is 2.81 bits per heavy atom. The minimum Gasteiger partial charge on any atom is -0.496 e. The molecule has 3 amide bonds. The van der Waals surface area contributed by atoms with Crippen LogP contribution in [-0.4, -0.2) is 72.5 Å². The molecule has 0 bridgehead atoms. The van der Waals surface area contributed by atoms with Crippen molar-refractivity contribution < 1.29 is 37.4 Å². The summed E-state index contributed by atoms with van der Waals surface area (Å²) >= 11 is 0. The number of amides is 3. The smallest absolute Gasteiger partial charge is 0.330 e. The molecule has 12 heteroatoms. The first-order valence-corrected chi connectivity index (χ1v) is 12.2. The van der Waals surface area contributed by atoms with E-state index in [1.807, 2.05) is 0 Å². The fraction of sp³-hybridized carbons (Fsp3) is 0.520. The maximum atomic E-state index is 14.3. The highest BCUT2D eigenvalue weighted by Gasteiger charge is 2.75. The molecule has 3 heterocycles. The van der Waals surface area contributed by atoms with Crippen LogP contribution >= 0.6 is 0 Å². The summed E-state index contributed by atoms with van der Waals surface area (Å²) in [4.78, 5) is 54.0. The van der Waals surface area contributed by atoms with Crippen molar-refractivity contribution in [1.82, 2.24) is 20.5 Å². The average molecular weight is 519 g/mol. The van der Waals surface area contributed by atoms with E-state index in [1.54, 1.807) is 24.3 Å². The van der Waals surface area contributed by atoms with Crippen LogP contribution in [0.5, 0.6) is 5.75 Å². The first kappa shape index (κ1) is 25.0. The summed E-state index contributed by atoms with van der Waals surface area (Å²) in [7, 11) is 1.50. The minimum atomic E-state index is -2.98. The average Bonchev–Trinajstić information content (AvgIpc) is 3.20. The van der Waals surface area contributed by atoms with Gasteiger partial charge in [-0.25, -0.2) is 13.6 Å². The Bertz CT molecular complexity index is 1250. The van der Waals surface area contributed by atoms with E-state index >= 15 is 0 Å². The number of aromatic amines is 1. The van der Waals surface area contributed by atoms with Crippen molar-refractivity contribution in [3.8, 4) is 5.75 Å². The molecule has 0 radical (unpaired) electrons. The van der Waals surface area contributed by atoms with Crippen LogP contribution in [0.25, 0.3) is 10.9 Å². The molecule has 2 aliphatic heterocycles. The number of alkyl halides is 2. The van der Waals surface area contributed by atoms with Crippen molar-refractivity contribution in [3.05, 3.63) is 30.0 Å². The zero-order valence-corrected chi connectivity index (χ0v) is 20.2. The Hall–Kier alpha value is -3.70. The molecule has 1 aromatic carbocycles. The van der Waals surface area contributed by atoms with Crippen LogP contribution in [0.3, 0.4) is 0 Å². The van der Waals surface area contributed by atoms with E-state index in [4.69, 9.17) is 9.47 Å². The van der Waals surface area contributed by atoms with E-state index in [0.29, 0.717) is 36.0 Å². The topological polar surface area (TPSA) is 130 Å². The molecule has 3 unspecified atom stereocenters. The van der Waals surface area contributed by atoms with Crippen molar-refractivity contribution in [2.24, 2.45) is 11.3 Å². The van der Waals surface area contributed by atoms with Crippen LogP contribution in [0.1, 0.15) is 42.6 Å². The maximum absolute atomic E-state index is 14.3. The van der Waals surface area contributed by atoms with Gasteiger partial charge in [-0.2, -0.15) is 0 Å². The van der Waals surface area contributed by atoms with E-state index < -0.39 is 47.8 Å². The molecule has 2 aromatic rings. The van der Waals surface area contributed by atoms with E-state index in [-0.39, 0.29) is 31.0 Å². The largest absolute Gasteiger partial charge is 0.496 e. The highest BCUT2D eigenvalue weighted by molar-refractivity contribution is 6.00. The van der Waals surface area contributed by atoms with Gasteiger partial charge in [-0.05, 0) is 37.5 Å². The summed E-state index contributed by atoms with van der Waals surface area (Å²) in [6.45, 7) is 0.265. The number of esters is 1. The normalized spacial score (nSPS) is 27.0. The van der Waals surface area contributed by atoms with Crippen molar-refractivity contribution >= 4 is 35.1 Å². The Kier molecular flexibility index (Phi) is 6.28. The Balaban J connectivity index is 1.37. The highest BCUT2D eigenvalue weighted by Crippen LogP contribution is 2.66. The van der Waals surface area contributed by atoms with Crippen LogP contribution in [0.4, 0.5) is 8.78 Å². The predicted octanol–water partition coefficient (Wildman–Crippen LogP) is 1.95. The fourth-order valence-electron chi connectivity index (χ4n) is 5.47. The first-order chi connectivity index (χ1) is 17.7. The number of likely N-dealkylation sites (tertiary alicyclic amines) is 1. The fourth-order valence-corrected chi connectivity index (χ4v) is 5.47. The molecule has 10 nitrogen and oxygen atoms in total. The number of H-pyrrole nitrogens is 1. The number of nitrogens with one attached hydrogen (secondary N) is 3. The number of halogens is 2. The third kappa shape index (κ3) is 4.49. The van der Waals surface area contributed by atoms with Gasteiger partial charge in [-0.3, -0.25) is 14.4 Å². The summed E-state index contributed by atoms with van der Waals surface area (Å²) < 4.78 is 39.6. The van der Waals surface area contributed by atoms with Gasteiger partial charge in [0, 0.05) is 42.8 Å². The molecule has 2 saturated heterocycles. The van der Waals surface area contributed by atoms with Gasteiger partial charge in [-0.15, -0.1) is 0 Å². The summed E-state index contributed by atoms with van der Waals surface area (Å²) in [5.41, 5.74) is -0.695. The third-order valence-corrected chi connectivity index (χ3v) is 7.66. The van der Waals surface area contributed by atoms with Gasteiger partial charge in [0.05, 0.1) is 12.5 Å². The van der Waals surface area contributed by atoms with Crippen LogP contribution in [0.2, 0.25) is 0 Å². The molecule has 1 saturated carbocycles. The zero-order valence-electron chi connectivity index (χ0n) is 20.2. The molecular formula is C25H28F2N4O6. The molecule has 1 spiro atoms. The van der Waals surface area contributed by atoms with Crippen LogP contribution < -0.4 is 15.4 Å². The lowest BCUT2D eigenvalue weighted by molar-refractivity contribution is -0.158. The van der Waals surface area contributed by atoms with E-state index in [1.165, 1.54) is 7.11 Å². The number of hydrogen-bond donors (Lipinski definition) is 3. The number of rotatable bonds is 8.